The number of nitrogens with zero attached hydrogens (tertiary/aromatic N) is 1. The lowest BCUT2D eigenvalue weighted by Gasteiger charge is -2.12. The molecule has 1 fully saturated rings. The average molecular weight is 210 g/mol. The Balaban J connectivity index is 2.28. The molecule has 0 spiro atoms. The molecule has 6 nitrogen and oxygen atoms in total. The third-order valence-electron chi connectivity index (χ3n) is 2.34. The molecule has 1 aromatic heterocycles. The van der Waals surface area contributed by atoms with Gasteiger partial charge in [-0.15, -0.1) is 0 Å². The van der Waals surface area contributed by atoms with Crippen LogP contribution in [0, 0.1) is 0 Å². The molecular formula is C9H10N2O4. The monoisotopic (exact) mass is 210 g/mol. The number of rotatable bonds is 2. The molecule has 1 N–H and O–H groups in total. The van der Waals surface area contributed by atoms with Crippen LogP contribution in [0.2, 0.25) is 0 Å². The summed E-state index contributed by atoms with van der Waals surface area (Å²) in [6, 6.07) is 1.25. The van der Waals surface area contributed by atoms with E-state index in [0.29, 0.717) is 12.8 Å². The molecule has 0 aliphatic carbocycles. The molecule has 80 valence electrons. The van der Waals surface area contributed by atoms with Gasteiger partial charge in [-0.25, -0.2) is 4.79 Å². The first-order valence-corrected chi connectivity index (χ1v) is 4.63. The first-order valence-electron chi connectivity index (χ1n) is 4.63. The fraction of sp³-hybridized carbons (Fsp3) is 0.444. The molecule has 0 saturated carbocycles. The Morgan fingerprint density at radius 3 is 2.87 bits per heavy atom. The molecular weight excluding hydrogens is 200 g/mol. The predicted molar refractivity (Wildman–Crippen MR) is 50.5 cm³/mol. The Labute approximate surface area is 84.5 Å². The van der Waals surface area contributed by atoms with Gasteiger partial charge in [-0.2, -0.15) is 0 Å². The van der Waals surface area contributed by atoms with Crippen molar-refractivity contribution >= 4 is 6.29 Å². The molecule has 6 heteroatoms. The van der Waals surface area contributed by atoms with Crippen LogP contribution in [0.1, 0.15) is 19.1 Å². The minimum atomic E-state index is -0.515. The van der Waals surface area contributed by atoms with Crippen molar-refractivity contribution in [3.63, 3.8) is 0 Å². The van der Waals surface area contributed by atoms with Gasteiger partial charge in [0.05, 0.1) is 0 Å². The molecule has 1 unspecified atom stereocenters. The van der Waals surface area contributed by atoms with Crippen LogP contribution in [0.3, 0.4) is 0 Å². The van der Waals surface area contributed by atoms with Gasteiger partial charge in [-0.3, -0.25) is 14.3 Å². The summed E-state index contributed by atoms with van der Waals surface area (Å²) in [6.45, 7) is 0. The molecule has 1 aliphatic rings. The summed E-state index contributed by atoms with van der Waals surface area (Å²) in [7, 11) is 0. The molecule has 1 aliphatic heterocycles. The van der Waals surface area contributed by atoms with E-state index in [9.17, 15) is 14.4 Å². The minimum Gasteiger partial charge on any atom is -0.347 e. The number of H-pyrrole nitrogens is 1. The van der Waals surface area contributed by atoms with Gasteiger partial charge in [-0.05, 0) is 12.8 Å². The molecule has 0 amide bonds. The molecule has 2 rings (SSSR count). The average Bonchev–Trinajstić information content (AvgIpc) is 2.66. The van der Waals surface area contributed by atoms with Crippen molar-refractivity contribution in [1.82, 2.24) is 9.55 Å². The number of ether oxygens (including phenoxy) is 1. The van der Waals surface area contributed by atoms with Crippen molar-refractivity contribution < 1.29 is 9.53 Å². The number of hydrogen-bond acceptors (Lipinski definition) is 4. The van der Waals surface area contributed by atoms with E-state index in [2.05, 4.69) is 4.98 Å². The molecule has 1 saturated heterocycles. The van der Waals surface area contributed by atoms with Crippen LogP contribution < -0.4 is 11.2 Å². The summed E-state index contributed by atoms with van der Waals surface area (Å²) in [5.74, 6) is 0. The number of carbonyl (C=O) groups excluding carboxylic acids is 1. The predicted octanol–water partition coefficient (Wildman–Crippen LogP) is -0.587. The first kappa shape index (κ1) is 9.85. The fourth-order valence-corrected chi connectivity index (χ4v) is 1.60. The van der Waals surface area contributed by atoms with Crippen molar-refractivity contribution in [2.24, 2.45) is 0 Å². The lowest BCUT2D eigenvalue weighted by Crippen LogP contribution is -2.31. The molecule has 0 radical (unpaired) electrons. The van der Waals surface area contributed by atoms with Crippen LogP contribution in [0.15, 0.2) is 21.9 Å². The van der Waals surface area contributed by atoms with E-state index in [-0.39, 0.29) is 0 Å². The molecule has 0 aromatic carbocycles. The highest BCUT2D eigenvalue weighted by atomic mass is 16.5. The first-order chi connectivity index (χ1) is 7.20. The van der Waals surface area contributed by atoms with Crippen LogP contribution in [-0.2, 0) is 9.53 Å². The summed E-state index contributed by atoms with van der Waals surface area (Å²) in [4.78, 5) is 34.8. The smallest absolute Gasteiger partial charge is 0.330 e. The largest absolute Gasteiger partial charge is 0.347 e. The molecule has 2 heterocycles. The summed E-state index contributed by atoms with van der Waals surface area (Å²) < 4.78 is 6.57. The van der Waals surface area contributed by atoms with Crippen LogP contribution in [0.25, 0.3) is 0 Å². The Bertz CT molecular complexity index is 475. The second-order valence-electron chi connectivity index (χ2n) is 3.36. The van der Waals surface area contributed by atoms with Crippen molar-refractivity contribution in [1.29, 1.82) is 0 Å². The normalized spacial score (nSPS) is 25.3. The lowest BCUT2D eigenvalue weighted by atomic mass is 10.2. The van der Waals surface area contributed by atoms with Gasteiger partial charge < -0.3 is 9.53 Å². The second-order valence-corrected chi connectivity index (χ2v) is 3.36. The van der Waals surface area contributed by atoms with Gasteiger partial charge >= 0.3 is 5.69 Å². The van der Waals surface area contributed by atoms with Crippen molar-refractivity contribution in [3.05, 3.63) is 33.1 Å². The second kappa shape index (κ2) is 3.82. The van der Waals surface area contributed by atoms with E-state index < -0.39 is 23.6 Å². The Morgan fingerprint density at radius 1 is 1.47 bits per heavy atom. The summed E-state index contributed by atoms with van der Waals surface area (Å²) in [6.07, 6.45) is 2.38. The molecule has 0 bridgehead atoms. The fourth-order valence-electron chi connectivity index (χ4n) is 1.60. The van der Waals surface area contributed by atoms with Gasteiger partial charge in [0.2, 0.25) is 0 Å². The van der Waals surface area contributed by atoms with Crippen LogP contribution in [0.5, 0.6) is 0 Å². The van der Waals surface area contributed by atoms with E-state index in [1.54, 1.807) is 0 Å². The number of carbonyl (C=O) groups is 1. The maximum Gasteiger partial charge on any atom is 0.330 e. The number of nitrogens with one attached hydrogen (secondary N) is 1. The van der Waals surface area contributed by atoms with Crippen LogP contribution >= 0.6 is 0 Å². The highest BCUT2D eigenvalue weighted by Gasteiger charge is 2.26. The SMILES string of the molecule is O=C[C@@H]1CCC(n2ccc(=O)[nH]c2=O)O1. The van der Waals surface area contributed by atoms with Crippen molar-refractivity contribution in [3.8, 4) is 0 Å². The molecule has 2 atom stereocenters. The quantitative estimate of drug-likeness (QED) is 0.662. The van der Waals surface area contributed by atoms with Gasteiger partial charge in [0, 0.05) is 12.3 Å². The Morgan fingerprint density at radius 2 is 2.27 bits per heavy atom. The van der Waals surface area contributed by atoms with Crippen LogP contribution in [0.4, 0.5) is 0 Å². The highest BCUT2D eigenvalue weighted by molar-refractivity contribution is 5.56. The van der Waals surface area contributed by atoms with Gasteiger partial charge in [0.25, 0.3) is 5.56 Å². The van der Waals surface area contributed by atoms with E-state index in [1.807, 2.05) is 0 Å². The number of aldehydes is 1. The minimum absolute atomic E-state index is 0.443. The van der Waals surface area contributed by atoms with Gasteiger partial charge in [0.1, 0.15) is 18.6 Å². The zero-order valence-electron chi connectivity index (χ0n) is 7.88. The van der Waals surface area contributed by atoms with Gasteiger partial charge in [-0.1, -0.05) is 0 Å². The molecule has 1 aromatic rings. The zero-order valence-corrected chi connectivity index (χ0v) is 7.88. The van der Waals surface area contributed by atoms with Crippen molar-refractivity contribution in [2.45, 2.75) is 25.2 Å². The van der Waals surface area contributed by atoms with E-state index in [0.717, 1.165) is 6.29 Å². The van der Waals surface area contributed by atoms with Crippen LogP contribution in [-0.4, -0.2) is 21.9 Å². The number of aromatic nitrogens is 2. The summed E-state index contributed by atoms with van der Waals surface area (Å²) in [5, 5.41) is 0. The number of hydrogen-bond donors (Lipinski definition) is 1. The third kappa shape index (κ3) is 1.89. The highest BCUT2D eigenvalue weighted by Crippen LogP contribution is 2.25. The van der Waals surface area contributed by atoms with E-state index >= 15 is 0 Å². The third-order valence-corrected chi connectivity index (χ3v) is 2.34. The maximum absolute atomic E-state index is 11.4. The topological polar surface area (TPSA) is 81.2 Å². The van der Waals surface area contributed by atoms with Crippen molar-refractivity contribution in [2.75, 3.05) is 0 Å². The maximum atomic E-state index is 11.4. The zero-order chi connectivity index (χ0) is 10.8. The van der Waals surface area contributed by atoms with E-state index in [1.165, 1.54) is 16.8 Å². The van der Waals surface area contributed by atoms with E-state index in [4.69, 9.17) is 4.74 Å². The Kier molecular flexibility index (Phi) is 2.51. The molecule has 15 heavy (non-hydrogen) atoms. The Hall–Kier alpha value is -1.69. The summed E-state index contributed by atoms with van der Waals surface area (Å²) in [5.41, 5.74) is -0.958. The number of aromatic amines is 1. The lowest BCUT2D eigenvalue weighted by molar-refractivity contribution is -0.119. The standard InChI is InChI=1S/C9H10N2O4/c12-5-6-1-2-8(15-6)11-4-3-7(13)10-9(11)14/h3-6,8H,1-2H2,(H,10,13,14)/t6-,8?/m0/s1. The van der Waals surface area contributed by atoms with Gasteiger partial charge in [0.15, 0.2) is 0 Å². The summed E-state index contributed by atoms with van der Waals surface area (Å²) >= 11 is 0.